The molecule has 0 aromatic heterocycles. The number of likely N-dealkylation sites (tertiary alicyclic amines) is 1. The Kier molecular flexibility index (Phi) is 10.0. The molecule has 3 heteroatoms. The van der Waals surface area contributed by atoms with E-state index >= 15 is 0 Å². The Morgan fingerprint density at radius 2 is 1.68 bits per heavy atom. The molecule has 0 spiro atoms. The highest BCUT2D eigenvalue weighted by Crippen LogP contribution is 2.14. The van der Waals surface area contributed by atoms with E-state index in [-0.39, 0.29) is 0 Å². The third-order valence-electron chi connectivity index (χ3n) is 4.39. The average molecular weight is 287 g/mol. The first-order valence-corrected chi connectivity index (χ1v) is 8.87. The second-order valence-electron chi connectivity index (χ2n) is 6.24. The van der Waals surface area contributed by atoms with Crippen molar-refractivity contribution in [2.24, 2.45) is 0 Å². The molecule has 1 heterocycles. The Hall–Kier alpha value is 0.270. The molecule has 1 aliphatic rings. The minimum atomic E-state index is 0.800. The zero-order valence-corrected chi connectivity index (χ0v) is 14.0. The van der Waals surface area contributed by atoms with E-state index in [2.05, 4.69) is 36.5 Å². The van der Waals surface area contributed by atoms with Crippen molar-refractivity contribution < 1.29 is 0 Å². The van der Waals surface area contributed by atoms with Gasteiger partial charge in [0, 0.05) is 12.6 Å². The van der Waals surface area contributed by atoms with E-state index in [0.29, 0.717) is 0 Å². The van der Waals surface area contributed by atoms with Crippen LogP contribution in [0.15, 0.2) is 0 Å². The maximum Gasteiger partial charge on any atom is 0.0220 e. The largest absolute Gasteiger partial charge is 0.305 e. The number of hydrogen-bond acceptors (Lipinski definition) is 3. The molecule has 19 heavy (non-hydrogen) atoms. The monoisotopic (exact) mass is 286 g/mol. The van der Waals surface area contributed by atoms with Crippen LogP contribution in [0.1, 0.15) is 57.8 Å². The van der Waals surface area contributed by atoms with Crippen molar-refractivity contribution in [1.29, 1.82) is 0 Å². The van der Waals surface area contributed by atoms with Gasteiger partial charge in [0.25, 0.3) is 0 Å². The summed E-state index contributed by atoms with van der Waals surface area (Å²) in [6.45, 7) is 3.84. The van der Waals surface area contributed by atoms with Gasteiger partial charge in [0.05, 0.1) is 0 Å². The zero-order valence-electron chi connectivity index (χ0n) is 13.1. The van der Waals surface area contributed by atoms with Crippen molar-refractivity contribution in [3.63, 3.8) is 0 Å². The van der Waals surface area contributed by atoms with Gasteiger partial charge < -0.3 is 9.80 Å². The van der Waals surface area contributed by atoms with E-state index < -0.39 is 0 Å². The number of piperidine rings is 1. The van der Waals surface area contributed by atoms with Crippen LogP contribution in [0.25, 0.3) is 0 Å². The van der Waals surface area contributed by atoms with Crippen LogP contribution in [-0.4, -0.2) is 55.3 Å². The van der Waals surface area contributed by atoms with Crippen LogP contribution in [0.3, 0.4) is 0 Å². The van der Waals surface area contributed by atoms with Crippen LogP contribution in [-0.2, 0) is 0 Å². The summed E-state index contributed by atoms with van der Waals surface area (Å²) in [5.74, 6) is 1.06. The van der Waals surface area contributed by atoms with Crippen molar-refractivity contribution in [2.75, 3.05) is 39.5 Å². The predicted molar refractivity (Wildman–Crippen MR) is 89.3 cm³/mol. The normalized spacial score (nSPS) is 21.2. The van der Waals surface area contributed by atoms with Gasteiger partial charge in [0.2, 0.25) is 0 Å². The van der Waals surface area contributed by atoms with E-state index in [1.165, 1.54) is 77.4 Å². The van der Waals surface area contributed by atoms with Gasteiger partial charge in [-0.15, -0.1) is 0 Å². The Labute approximate surface area is 126 Å². The fourth-order valence-corrected chi connectivity index (χ4v) is 3.26. The molecule has 1 atom stereocenters. The number of nitrogens with zero attached hydrogens (tertiary/aromatic N) is 2. The second kappa shape index (κ2) is 11.0. The molecule has 1 rings (SSSR count). The first-order valence-electron chi connectivity index (χ1n) is 8.23. The summed E-state index contributed by atoms with van der Waals surface area (Å²) in [6.07, 6.45) is 12.5. The lowest BCUT2D eigenvalue weighted by Crippen LogP contribution is -2.45. The van der Waals surface area contributed by atoms with Gasteiger partial charge in [-0.3, -0.25) is 0 Å². The molecular weight excluding hydrogens is 252 g/mol. The number of rotatable bonds is 10. The molecule has 0 aliphatic carbocycles. The Balaban J connectivity index is 1.93. The number of thiol groups is 1. The lowest BCUT2D eigenvalue weighted by molar-refractivity contribution is 0.133. The maximum absolute atomic E-state index is 4.25. The molecule has 0 aromatic rings. The SMILES string of the molecule is CN1CCCC(N(C)CCCCCCCCCS)C1. The fourth-order valence-electron chi connectivity index (χ4n) is 3.04. The number of hydrogen-bond donors (Lipinski definition) is 1. The lowest BCUT2D eigenvalue weighted by atomic mass is 10.0. The van der Waals surface area contributed by atoms with E-state index in [4.69, 9.17) is 0 Å². The summed E-state index contributed by atoms with van der Waals surface area (Å²) in [5, 5.41) is 0. The van der Waals surface area contributed by atoms with Crippen molar-refractivity contribution in [3.8, 4) is 0 Å². The quantitative estimate of drug-likeness (QED) is 0.483. The van der Waals surface area contributed by atoms with Crippen LogP contribution in [0.2, 0.25) is 0 Å². The van der Waals surface area contributed by atoms with Crippen LogP contribution < -0.4 is 0 Å². The van der Waals surface area contributed by atoms with Gasteiger partial charge in [0.1, 0.15) is 0 Å². The first-order chi connectivity index (χ1) is 9.24. The van der Waals surface area contributed by atoms with Crippen LogP contribution in [0.5, 0.6) is 0 Å². The summed E-state index contributed by atoms with van der Waals surface area (Å²) in [6, 6.07) is 0.800. The lowest BCUT2D eigenvalue weighted by Gasteiger charge is -2.35. The molecule has 0 saturated carbocycles. The molecule has 114 valence electrons. The second-order valence-corrected chi connectivity index (χ2v) is 6.68. The third kappa shape index (κ3) is 8.21. The Morgan fingerprint density at radius 1 is 1.05 bits per heavy atom. The van der Waals surface area contributed by atoms with Gasteiger partial charge in [-0.2, -0.15) is 12.6 Å². The third-order valence-corrected chi connectivity index (χ3v) is 4.71. The molecule has 0 aromatic carbocycles. The number of likely N-dealkylation sites (N-methyl/N-ethyl adjacent to an activating group) is 2. The fraction of sp³-hybridized carbons (Fsp3) is 1.00. The van der Waals surface area contributed by atoms with E-state index in [1.807, 2.05) is 0 Å². The molecule has 1 aliphatic heterocycles. The molecule has 2 nitrogen and oxygen atoms in total. The van der Waals surface area contributed by atoms with Crippen LogP contribution in [0, 0.1) is 0 Å². The molecule has 1 fully saturated rings. The van der Waals surface area contributed by atoms with Crippen molar-refractivity contribution in [2.45, 2.75) is 63.8 Å². The van der Waals surface area contributed by atoms with Crippen LogP contribution in [0.4, 0.5) is 0 Å². The smallest absolute Gasteiger partial charge is 0.0220 e. The average Bonchev–Trinajstić information content (AvgIpc) is 2.41. The van der Waals surface area contributed by atoms with Crippen LogP contribution >= 0.6 is 12.6 Å². The van der Waals surface area contributed by atoms with Crippen molar-refractivity contribution in [1.82, 2.24) is 9.80 Å². The predicted octanol–water partition coefficient (Wildman–Crippen LogP) is 3.67. The highest BCUT2D eigenvalue weighted by Gasteiger charge is 2.20. The molecule has 1 saturated heterocycles. The summed E-state index contributed by atoms with van der Waals surface area (Å²) < 4.78 is 0. The van der Waals surface area contributed by atoms with Gasteiger partial charge in [-0.25, -0.2) is 0 Å². The highest BCUT2D eigenvalue weighted by molar-refractivity contribution is 7.80. The zero-order chi connectivity index (χ0) is 13.9. The van der Waals surface area contributed by atoms with Gasteiger partial charge in [0.15, 0.2) is 0 Å². The molecular formula is C16H34N2S. The van der Waals surface area contributed by atoms with Crippen molar-refractivity contribution >= 4 is 12.6 Å². The topological polar surface area (TPSA) is 6.48 Å². The molecule has 0 amide bonds. The van der Waals surface area contributed by atoms with Gasteiger partial charge in [-0.1, -0.05) is 32.1 Å². The van der Waals surface area contributed by atoms with E-state index in [0.717, 1.165) is 11.8 Å². The summed E-state index contributed by atoms with van der Waals surface area (Å²) >= 11 is 4.25. The minimum absolute atomic E-state index is 0.800. The summed E-state index contributed by atoms with van der Waals surface area (Å²) in [5.41, 5.74) is 0. The first kappa shape index (κ1) is 17.3. The highest BCUT2D eigenvalue weighted by atomic mass is 32.1. The number of unbranched alkanes of at least 4 members (excludes halogenated alkanes) is 6. The van der Waals surface area contributed by atoms with E-state index in [1.54, 1.807) is 0 Å². The minimum Gasteiger partial charge on any atom is -0.305 e. The standard InChI is InChI=1S/C16H34N2S/c1-17-12-10-11-16(15-17)18(2)13-8-6-4-3-5-7-9-14-19/h16,19H,3-15H2,1-2H3. The molecule has 1 unspecified atom stereocenters. The van der Waals surface area contributed by atoms with Gasteiger partial charge in [-0.05, 0) is 58.6 Å². The maximum atomic E-state index is 4.25. The summed E-state index contributed by atoms with van der Waals surface area (Å²) in [7, 11) is 4.57. The molecule has 0 N–H and O–H groups in total. The van der Waals surface area contributed by atoms with Gasteiger partial charge >= 0.3 is 0 Å². The Bertz CT molecular complexity index is 211. The van der Waals surface area contributed by atoms with E-state index in [9.17, 15) is 0 Å². The summed E-state index contributed by atoms with van der Waals surface area (Å²) in [4.78, 5) is 5.07. The molecule has 0 radical (unpaired) electrons. The Morgan fingerprint density at radius 3 is 2.32 bits per heavy atom. The van der Waals surface area contributed by atoms with Crippen molar-refractivity contribution in [3.05, 3.63) is 0 Å². The molecule has 0 bridgehead atoms.